The van der Waals surface area contributed by atoms with Gasteiger partial charge >= 0.3 is 0 Å². The number of thioether (sulfide) groups is 1. The summed E-state index contributed by atoms with van der Waals surface area (Å²) >= 11 is 1.39. The molecule has 4 rings (SSSR count). The molecule has 1 atom stereocenters. The van der Waals surface area contributed by atoms with Crippen molar-refractivity contribution < 1.29 is 14.3 Å². The van der Waals surface area contributed by atoms with Crippen molar-refractivity contribution >= 4 is 17.7 Å². The lowest BCUT2D eigenvalue weighted by molar-refractivity contribution is -0.128. The third-order valence-corrected chi connectivity index (χ3v) is 5.85. The lowest BCUT2D eigenvalue weighted by Crippen LogP contribution is -2.42. The van der Waals surface area contributed by atoms with Crippen molar-refractivity contribution in [2.75, 3.05) is 26.0 Å². The Balaban J connectivity index is 1.28. The molecule has 1 aliphatic heterocycles. The van der Waals surface area contributed by atoms with E-state index in [-0.39, 0.29) is 12.0 Å². The Hall–Kier alpha value is -2.29. The highest BCUT2D eigenvalue weighted by Crippen LogP contribution is 2.32. The quantitative estimate of drug-likeness (QED) is 0.700. The zero-order valence-electron chi connectivity index (χ0n) is 15.3. The minimum atomic E-state index is -0.178. The van der Waals surface area contributed by atoms with Crippen molar-refractivity contribution in [1.82, 2.24) is 25.1 Å². The number of amides is 1. The zero-order valence-corrected chi connectivity index (χ0v) is 16.1. The number of nitrogens with zero attached hydrogens (tertiary/aromatic N) is 5. The molecule has 1 amide bonds. The number of ether oxygens (including phenoxy) is 2. The summed E-state index contributed by atoms with van der Waals surface area (Å²) in [4.78, 5) is 14.2. The first-order chi connectivity index (χ1) is 13.2. The SMILES string of the molecule is CN(CC1COc2ccccc2O1)C(=O)CSc1nnnn1C1CCCC1. The lowest BCUT2D eigenvalue weighted by atomic mass is 10.2. The number of hydrogen-bond donors (Lipinski definition) is 0. The molecular weight excluding hydrogens is 366 g/mol. The number of aromatic nitrogens is 4. The van der Waals surface area contributed by atoms with Gasteiger partial charge in [-0.25, -0.2) is 4.68 Å². The van der Waals surface area contributed by atoms with Crippen LogP contribution in [-0.2, 0) is 4.79 Å². The van der Waals surface area contributed by atoms with Crippen LogP contribution in [0.25, 0.3) is 0 Å². The zero-order chi connectivity index (χ0) is 18.6. The predicted molar refractivity (Wildman–Crippen MR) is 100 cm³/mol. The molecule has 27 heavy (non-hydrogen) atoms. The maximum atomic E-state index is 12.5. The molecule has 2 aromatic rings. The number of carbonyl (C=O) groups excluding carboxylic acids is 1. The predicted octanol–water partition coefficient (Wildman–Crippen LogP) is 2.18. The molecule has 144 valence electrons. The summed E-state index contributed by atoms with van der Waals surface area (Å²) in [6.45, 7) is 0.906. The van der Waals surface area contributed by atoms with Crippen molar-refractivity contribution in [2.24, 2.45) is 0 Å². The van der Waals surface area contributed by atoms with Crippen molar-refractivity contribution in [1.29, 1.82) is 0 Å². The third-order valence-electron chi connectivity index (χ3n) is 4.93. The van der Waals surface area contributed by atoms with E-state index in [0.29, 0.717) is 24.9 Å². The van der Waals surface area contributed by atoms with Crippen LogP contribution in [0.2, 0.25) is 0 Å². The minimum absolute atomic E-state index is 0.0171. The number of carbonyl (C=O) groups is 1. The average Bonchev–Trinajstić information content (AvgIpc) is 3.37. The van der Waals surface area contributed by atoms with Gasteiger partial charge in [-0.3, -0.25) is 4.79 Å². The highest BCUT2D eigenvalue weighted by atomic mass is 32.2. The maximum absolute atomic E-state index is 12.5. The standard InChI is InChI=1S/C18H23N5O3S/c1-22(10-14-11-25-15-8-4-5-9-16(15)26-14)17(24)12-27-18-19-20-21-23(18)13-6-2-3-7-13/h4-5,8-9,13-14H,2-3,6-7,10-12H2,1H3. The second-order valence-electron chi connectivity index (χ2n) is 6.90. The van der Waals surface area contributed by atoms with Gasteiger partial charge in [-0.1, -0.05) is 36.7 Å². The Labute approximate surface area is 162 Å². The second kappa shape index (κ2) is 8.16. The van der Waals surface area contributed by atoms with Crippen LogP contribution < -0.4 is 9.47 Å². The smallest absolute Gasteiger partial charge is 0.232 e. The van der Waals surface area contributed by atoms with E-state index in [1.807, 2.05) is 28.9 Å². The van der Waals surface area contributed by atoms with E-state index in [4.69, 9.17) is 9.47 Å². The van der Waals surface area contributed by atoms with Gasteiger partial charge in [0, 0.05) is 7.05 Å². The van der Waals surface area contributed by atoms with Gasteiger partial charge in [-0.2, -0.15) is 0 Å². The lowest BCUT2D eigenvalue weighted by Gasteiger charge is -2.29. The Morgan fingerprint density at radius 2 is 2.07 bits per heavy atom. The fourth-order valence-corrected chi connectivity index (χ4v) is 4.34. The molecule has 2 heterocycles. The number of hydrogen-bond acceptors (Lipinski definition) is 7. The van der Waals surface area contributed by atoms with E-state index < -0.39 is 0 Å². The fourth-order valence-electron chi connectivity index (χ4n) is 3.46. The maximum Gasteiger partial charge on any atom is 0.232 e. The number of benzene rings is 1. The van der Waals surface area contributed by atoms with E-state index in [2.05, 4.69) is 15.5 Å². The first kappa shape index (κ1) is 18.1. The largest absolute Gasteiger partial charge is 0.486 e. The third kappa shape index (κ3) is 4.18. The van der Waals surface area contributed by atoms with Gasteiger partial charge in [-0.15, -0.1) is 5.10 Å². The molecule has 1 saturated carbocycles. The van der Waals surface area contributed by atoms with Gasteiger partial charge in [-0.05, 0) is 35.4 Å². The van der Waals surface area contributed by atoms with E-state index in [1.165, 1.54) is 24.6 Å². The monoisotopic (exact) mass is 389 g/mol. The van der Waals surface area contributed by atoms with Crippen LogP contribution in [-0.4, -0.2) is 63.1 Å². The number of para-hydroxylation sites is 2. The number of tetrazole rings is 1. The van der Waals surface area contributed by atoms with Crippen LogP contribution in [0.1, 0.15) is 31.7 Å². The summed E-state index contributed by atoms with van der Waals surface area (Å²) in [6, 6.07) is 7.94. The first-order valence-electron chi connectivity index (χ1n) is 9.24. The molecule has 0 bridgehead atoms. The Morgan fingerprint density at radius 3 is 2.89 bits per heavy atom. The topological polar surface area (TPSA) is 82.4 Å². The Kier molecular flexibility index (Phi) is 5.47. The van der Waals surface area contributed by atoms with Crippen molar-refractivity contribution in [3.05, 3.63) is 24.3 Å². The molecule has 0 saturated heterocycles. The molecule has 0 radical (unpaired) electrons. The normalized spacial score (nSPS) is 19.2. The summed E-state index contributed by atoms with van der Waals surface area (Å²) < 4.78 is 13.5. The molecule has 2 aliphatic rings. The van der Waals surface area contributed by atoms with Crippen LogP contribution >= 0.6 is 11.8 Å². The highest BCUT2D eigenvalue weighted by Gasteiger charge is 2.25. The molecule has 1 unspecified atom stereocenters. The minimum Gasteiger partial charge on any atom is -0.486 e. The summed E-state index contributed by atoms with van der Waals surface area (Å²) in [5.41, 5.74) is 0. The van der Waals surface area contributed by atoms with Crippen LogP contribution in [0.5, 0.6) is 11.5 Å². The van der Waals surface area contributed by atoms with Crippen molar-refractivity contribution in [2.45, 2.75) is 43.0 Å². The van der Waals surface area contributed by atoms with Crippen molar-refractivity contribution in [3.8, 4) is 11.5 Å². The number of likely N-dealkylation sites (N-methyl/N-ethyl adjacent to an activating group) is 1. The van der Waals surface area contributed by atoms with Gasteiger partial charge in [0.15, 0.2) is 17.6 Å². The molecule has 0 spiro atoms. The van der Waals surface area contributed by atoms with Crippen LogP contribution in [0.15, 0.2) is 29.4 Å². The van der Waals surface area contributed by atoms with E-state index in [1.54, 1.807) is 11.9 Å². The molecule has 1 aromatic carbocycles. The van der Waals surface area contributed by atoms with Crippen LogP contribution in [0.4, 0.5) is 0 Å². The summed E-state index contributed by atoms with van der Waals surface area (Å²) in [5.74, 6) is 1.79. The van der Waals surface area contributed by atoms with Gasteiger partial charge < -0.3 is 14.4 Å². The van der Waals surface area contributed by atoms with Crippen molar-refractivity contribution in [3.63, 3.8) is 0 Å². The summed E-state index contributed by atoms with van der Waals surface area (Å²) in [6.07, 6.45) is 4.45. The molecule has 8 nitrogen and oxygen atoms in total. The molecule has 1 fully saturated rings. The fraction of sp³-hybridized carbons (Fsp3) is 0.556. The van der Waals surface area contributed by atoms with E-state index in [0.717, 1.165) is 29.5 Å². The summed E-state index contributed by atoms with van der Waals surface area (Å²) in [5, 5.41) is 12.7. The van der Waals surface area contributed by atoms with E-state index in [9.17, 15) is 4.79 Å². The van der Waals surface area contributed by atoms with Gasteiger partial charge in [0.2, 0.25) is 11.1 Å². The molecule has 1 aliphatic carbocycles. The molecular formula is C18H23N5O3S. The highest BCUT2D eigenvalue weighted by molar-refractivity contribution is 7.99. The Bertz CT molecular complexity index is 793. The van der Waals surface area contributed by atoms with Gasteiger partial charge in [0.1, 0.15) is 6.61 Å². The van der Waals surface area contributed by atoms with Crippen LogP contribution in [0, 0.1) is 0 Å². The number of rotatable bonds is 6. The van der Waals surface area contributed by atoms with Crippen LogP contribution in [0.3, 0.4) is 0 Å². The Morgan fingerprint density at radius 1 is 1.30 bits per heavy atom. The number of fused-ring (bicyclic) bond motifs is 1. The van der Waals surface area contributed by atoms with Gasteiger partial charge in [0.05, 0.1) is 18.3 Å². The molecule has 9 heteroatoms. The van der Waals surface area contributed by atoms with E-state index >= 15 is 0 Å². The average molecular weight is 389 g/mol. The van der Waals surface area contributed by atoms with Gasteiger partial charge in [0.25, 0.3) is 0 Å². The molecule has 1 aromatic heterocycles. The summed E-state index contributed by atoms with van der Waals surface area (Å²) in [7, 11) is 1.78. The molecule has 0 N–H and O–H groups in total. The first-order valence-corrected chi connectivity index (χ1v) is 10.2. The second-order valence-corrected chi connectivity index (χ2v) is 7.85.